The molecule has 0 spiro atoms. The van der Waals surface area contributed by atoms with Crippen LogP contribution in [0.2, 0.25) is 12.1 Å². The number of hydrogen-bond acceptors (Lipinski definition) is 13. The number of esters is 1. The van der Waals surface area contributed by atoms with Crippen molar-refractivity contribution in [2.45, 2.75) is 70.9 Å². The second-order valence-electron chi connectivity index (χ2n) is 10.3. The number of imide groups is 1. The maximum absolute atomic E-state index is 12.4. The number of hydrogen-bond donors (Lipinski definition) is 1. The van der Waals surface area contributed by atoms with Crippen LogP contribution in [-0.2, 0) is 50.4 Å². The summed E-state index contributed by atoms with van der Waals surface area (Å²) in [6.45, 7) is 5.35. The molecule has 0 saturated carbocycles. The Kier molecular flexibility index (Phi) is 24.1. The molecule has 15 nitrogen and oxygen atoms in total. The van der Waals surface area contributed by atoms with Gasteiger partial charge in [-0.25, -0.2) is 4.79 Å². The molecule has 0 saturated heterocycles. The zero-order valence-corrected chi connectivity index (χ0v) is 30.6. The first-order chi connectivity index (χ1) is 21.5. The van der Waals surface area contributed by atoms with Gasteiger partial charge in [-0.3, -0.25) is 19.3 Å². The van der Waals surface area contributed by atoms with Crippen LogP contribution in [0.5, 0.6) is 0 Å². The second-order valence-corrected chi connectivity index (χ2v) is 16.5. The van der Waals surface area contributed by atoms with Gasteiger partial charge < -0.3 is 46.2 Å². The smallest absolute Gasteiger partial charge is 0.462 e. The summed E-state index contributed by atoms with van der Waals surface area (Å²) in [6.07, 6.45) is 4.19. The zero-order chi connectivity index (χ0) is 34.1. The van der Waals surface area contributed by atoms with Crippen molar-refractivity contribution in [2.75, 3.05) is 88.6 Å². The standard InChI is InChI=1S/C28H57N3O12Si2/c1-25(32)31(26(2)33)19-12-10-9-11-16-29-28(35)43-22-21-42-27(34)15-20-30(17-13-23-44(36-3,37-4)38-5)18-14-24-45(39-6,40-7)41-8/h9-24H2,1-8H3,(H,29,35). The molecule has 0 aliphatic rings. The van der Waals surface area contributed by atoms with E-state index in [1.807, 2.05) is 0 Å². The molecular weight excluding hydrogens is 626 g/mol. The topological polar surface area (TPSA) is 161 Å². The third-order valence-corrected chi connectivity index (χ3v) is 13.0. The van der Waals surface area contributed by atoms with E-state index in [2.05, 4.69) is 10.2 Å². The lowest BCUT2D eigenvalue weighted by Crippen LogP contribution is -2.44. The van der Waals surface area contributed by atoms with Crippen molar-refractivity contribution in [3.8, 4) is 0 Å². The fourth-order valence-corrected chi connectivity index (χ4v) is 8.03. The second kappa shape index (κ2) is 25.2. The largest absolute Gasteiger partial charge is 0.500 e. The Morgan fingerprint density at radius 2 is 1.04 bits per heavy atom. The van der Waals surface area contributed by atoms with Crippen LogP contribution in [0, 0.1) is 0 Å². The summed E-state index contributed by atoms with van der Waals surface area (Å²) in [4.78, 5) is 50.5. The predicted octanol–water partition coefficient (Wildman–Crippen LogP) is 2.44. The van der Waals surface area contributed by atoms with Crippen molar-refractivity contribution < 1.29 is 55.2 Å². The molecule has 17 heteroatoms. The molecule has 0 heterocycles. The van der Waals surface area contributed by atoms with Gasteiger partial charge in [0.25, 0.3) is 0 Å². The SMILES string of the molecule is CO[Si](CCCN(CCC[Si](OC)(OC)OC)CCC(=O)OCCOC(=O)NCCCCCCN(C(C)=O)C(C)=O)(OC)OC. The summed E-state index contributed by atoms with van der Waals surface area (Å²) in [5.41, 5.74) is 0. The number of amides is 3. The number of alkyl carbamates (subject to hydrolysis) is 1. The Morgan fingerprint density at radius 1 is 0.578 bits per heavy atom. The van der Waals surface area contributed by atoms with Gasteiger partial charge in [-0.15, -0.1) is 0 Å². The van der Waals surface area contributed by atoms with Gasteiger partial charge in [0.05, 0.1) is 6.42 Å². The van der Waals surface area contributed by atoms with Crippen LogP contribution in [0.4, 0.5) is 4.79 Å². The first kappa shape index (κ1) is 43.0. The Hall–Kier alpha value is -1.97. The predicted molar refractivity (Wildman–Crippen MR) is 170 cm³/mol. The minimum absolute atomic E-state index is 0.0394. The van der Waals surface area contributed by atoms with Gasteiger partial charge in [-0.1, -0.05) is 12.8 Å². The Morgan fingerprint density at radius 3 is 1.51 bits per heavy atom. The Balaban J connectivity index is 4.43. The number of ether oxygens (including phenoxy) is 2. The fourth-order valence-electron chi connectivity index (χ4n) is 4.62. The molecule has 0 aromatic heterocycles. The van der Waals surface area contributed by atoms with Crippen molar-refractivity contribution in [1.29, 1.82) is 0 Å². The highest BCUT2D eigenvalue weighted by molar-refractivity contribution is 6.60. The molecule has 0 radical (unpaired) electrons. The molecule has 0 rings (SSSR count). The van der Waals surface area contributed by atoms with Crippen LogP contribution in [0.3, 0.4) is 0 Å². The summed E-state index contributed by atoms with van der Waals surface area (Å²) in [7, 11) is 4.08. The highest BCUT2D eigenvalue weighted by Gasteiger charge is 2.38. The normalized spacial score (nSPS) is 11.8. The summed E-state index contributed by atoms with van der Waals surface area (Å²) in [6, 6.07) is 1.26. The van der Waals surface area contributed by atoms with Gasteiger partial charge >= 0.3 is 29.7 Å². The number of rotatable bonds is 27. The molecule has 45 heavy (non-hydrogen) atoms. The lowest BCUT2D eigenvalue weighted by molar-refractivity contribution is -0.145. The molecule has 1 N–H and O–H groups in total. The Labute approximate surface area is 271 Å². The van der Waals surface area contributed by atoms with Gasteiger partial charge in [-0.2, -0.15) is 0 Å². The minimum Gasteiger partial charge on any atom is -0.462 e. The Bertz CT molecular complexity index is 791. The van der Waals surface area contributed by atoms with Crippen molar-refractivity contribution in [1.82, 2.24) is 15.1 Å². The van der Waals surface area contributed by atoms with E-state index in [0.717, 1.165) is 32.1 Å². The molecule has 0 aliphatic heterocycles. The van der Waals surface area contributed by atoms with Crippen LogP contribution in [0.25, 0.3) is 0 Å². The molecule has 0 unspecified atom stereocenters. The van der Waals surface area contributed by atoms with E-state index in [4.69, 9.17) is 36.0 Å². The minimum atomic E-state index is -2.71. The van der Waals surface area contributed by atoms with Crippen molar-refractivity contribution >= 4 is 41.5 Å². The fraction of sp³-hybridized carbons (Fsp3) is 0.857. The maximum Gasteiger partial charge on any atom is 0.500 e. The van der Waals surface area contributed by atoms with Gasteiger partial charge in [0.1, 0.15) is 13.2 Å². The van der Waals surface area contributed by atoms with E-state index in [1.54, 1.807) is 42.7 Å². The molecule has 0 aromatic carbocycles. The molecular formula is C28H57N3O12Si2. The summed E-state index contributed by atoms with van der Waals surface area (Å²) >= 11 is 0. The number of nitrogens with one attached hydrogen (secondary N) is 1. The van der Waals surface area contributed by atoms with E-state index < -0.39 is 23.7 Å². The first-order valence-electron chi connectivity index (χ1n) is 15.4. The van der Waals surface area contributed by atoms with Gasteiger partial charge in [0.2, 0.25) is 11.8 Å². The van der Waals surface area contributed by atoms with Crippen molar-refractivity contribution in [2.24, 2.45) is 0 Å². The average molecular weight is 684 g/mol. The number of carbonyl (C=O) groups excluding carboxylic acids is 4. The van der Waals surface area contributed by atoms with Crippen LogP contribution >= 0.6 is 0 Å². The molecule has 0 fully saturated rings. The monoisotopic (exact) mass is 683 g/mol. The van der Waals surface area contributed by atoms with Crippen molar-refractivity contribution in [3.63, 3.8) is 0 Å². The van der Waals surface area contributed by atoms with E-state index in [0.29, 0.717) is 51.2 Å². The average Bonchev–Trinajstić information content (AvgIpc) is 3.03. The van der Waals surface area contributed by atoms with Crippen LogP contribution in [-0.4, -0.2) is 140 Å². The molecule has 0 bridgehead atoms. The van der Waals surface area contributed by atoms with Gasteiger partial charge in [0.15, 0.2) is 0 Å². The highest BCUT2D eigenvalue weighted by atomic mass is 28.4. The molecule has 0 aromatic rings. The van der Waals surface area contributed by atoms with Crippen LogP contribution < -0.4 is 5.32 Å². The summed E-state index contributed by atoms with van der Waals surface area (Å²) < 4.78 is 43.4. The number of carbonyl (C=O) groups is 4. The summed E-state index contributed by atoms with van der Waals surface area (Å²) in [5, 5.41) is 2.66. The van der Waals surface area contributed by atoms with E-state index >= 15 is 0 Å². The molecule has 0 aliphatic carbocycles. The highest BCUT2D eigenvalue weighted by Crippen LogP contribution is 2.18. The maximum atomic E-state index is 12.4. The van der Waals surface area contributed by atoms with Gasteiger partial charge in [0, 0.05) is 88.2 Å². The van der Waals surface area contributed by atoms with E-state index in [-0.39, 0.29) is 37.4 Å². The molecule has 0 atom stereocenters. The molecule has 3 amide bonds. The number of unbranched alkanes of at least 4 members (excludes halogenated alkanes) is 3. The first-order valence-corrected chi connectivity index (χ1v) is 19.2. The van der Waals surface area contributed by atoms with Gasteiger partial charge in [-0.05, 0) is 38.8 Å². The lowest BCUT2D eigenvalue weighted by Gasteiger charge is -2.28. The third kappa shape index (κ3) is 18.7. The molecule has 264 valence electrons. The van der Waals surface area contributed by atoms with Crippen molar-refractivity contribution in [3.05, 3.63) is 0 Å². The van der Waals surface area contributed by atoms with E-state index in [1.165, 1.54) is 18.7 Å². The van der Waals surface area contributed by atoms with Crippen LogP contribution in [0.15, 0.2) is 0 Å². The zero-order valence-electron chi connectivity index (χ0n) is 28.6. The summed E-state index contributed by atoms with van der Waals surface area (Å²) in [5.74, 6) is -0.901. The number of nitrogens with zero attached hydrogens (tertiary/aromatic N) is 2. The third-order valence-electron chi connectivity index (χ3n) is 7.33. The van der Waals surface area contributed by atoms with E-state index in [9.17, 15) is 19.2 Å². The quantitative estimate of drug-likeness (QED) is 0.0765. The van der Waals surface area contributed by atoms with Crippen LogP contribution in [0.1, 0.15) is 58.8 Å². The lowest BCUT2D eigenvalue weighted by atomic mass is 10.2.